The molecule has 20 heavy (non-hydrogen) atoms. The van der Waals surface area contributed by atoms with Gasteiger partial charge < -0.3 is 10.6 Å². The summed E-state index contributed by atoms with van der Waals surface area (Å²) in [7, 11) is 2.14. The average molecular weight is 279 g/mol. The highest BCUT2D eigenvalue weighted by Gasteiger charge is 2.26. The molecule has 2 N–H and O–H groups in total. The molecule has 0 radical (unpaired) electrons. The van der Waals surface area contributed by atoms with Crippen molar-refractivity contribution in [2.24, 2.45) is 0 Å². The summed E-state index contributed by atoms with van der Waals surface area (Å²) in [5, 5.41) is 4.57. The SMILES string of the molecule is CCCn1nc(C)c(N)c1N(C)CC1CCCN1CC. The van der Waals surface area contributed by atoms with Crippen LogP contribution in [0.3, 0.4) is 0 Å². The van der Waals surface area contributed by atoms with Crippen LogP contribution in [0, 0.1) is 6.92 Å². The number of likely N-dealkylation sites (N-methyl/N-ethyl adjacent to an activating group) is 2. The molecule has 1 atom stereocenters. The van der Waals surface area contributed by atoms with Crippen molar-refractivity contribution in [3.05, 3.63) is 5.69 Å². The standard InChI is InChI=1S/C15H29N5/c1-5-9-20-15(14(16)12(3)17-20)18(4)11-13-8-7-10-19(13)6-2/h13H,5-11,16H2,1-4H3. The fraction of sp³-hybridized carbons (Fsp3) is 0.800. The van der Waals surface area contributed by atoms with Crippen molar-refractivity contribution in [2.75, 3.05) is 37.3 Å². The molecule has 1 saturated heterocycles. The Morgan fingerprint density at radius 3 is 2.80 bits per heavy atom. The number of hydrogen-bond acceptors (Lipinski definition) is 4. The van der Waals surface area contributed by atoms with E-state index >= 15 is 0 Å². The molecule has 1 aliphatic heterocycles. The minimum Gasteiger partial charge on any atom is -0.394 e. The Labute approximate surface area is 122 Å². The third kappa shape index (κ3) is 2.92. The van der Waals surface area contributed by atoms with Crippen LogP contribution in [0.2, 0.25) is 0 Å². The molecule has 5 nitrogen and oxygen atoms in total. The molecule has 0 aromatic carbocycles. The topological polar surface area (TPSA) is 50.3 Å². The minimum atomic E-state index is 0.648. The van der Waals surface area contributed by atoms with Crippen molar-refractivity contribution in [2.45, 2.75) is 52.6 Å². The maximum atomic E-state index is 6.24. The summed E-state index contributed by atoms with van der Waals surface area (Å²) in [5.41, 5.74) is 8.02. The zero-order chi connectivity index (χ0) is 14.7. The van der Waals surface area contributed by atoms with Gasteiger partial charge in [0, 0.05) is 26.2 Å². The van der Waals surface area contributed by atoms with Crippen molar-refractivity contribution in [3.8, 4) is 0 Å². The molecule has 2 rings (SSSR count). The molecule has 0 amide bonds. The zero-order valence-electron chi connectivity index (χ0n) is 13.4. The van der Waals surface area contributed by atoms with Gasteiger partial charge in [-0.25, -0.2) is 4.68 Å². The molecule has 1 aromatic heterocycles. The summed E-state index contributed by atoms with van der Waals surface area (Å²) in [6, 6.07) is 0.648. The summed E-state index contributed by atoms with van der Waals surface area (Å²) >= 11 is 0. The van der Waals surface area contributed by atoms with Gasteiger partial charge in [0.2, 0.25) is 0 Å². The van der Waals surface area contributed by atoms with E-state index < -0.39 is 0 Å². The number of nitrogens with zero attached hydrogens (tertiary/aromatic N) is 4. The number of likely N-dealkylation sites (tertiary alicyclic amines) is 1. The Hall–Kier alpha value is -1.23. The largest absolute Gasteiger partial charge is 0.394 e. The van der Waals surface area contributed by atoms with Gasteiger partial charge in [0.1, 0.15) is 5.82 Å². The van der Waals surface area contributed by atoms with E-state index in [0.29, 0.717) is 6.04 Å². The molecule has 1 unspecified atom stereocenters. The normalized spacial score (nSPS) is 19.7. The Balaban J connectivity index is 2.14. The van der Waals surface area contributed by atoms with Crippen LogP contribution in [0.25, 0.3) is 0 Å². The first-order valence-corrected chi connectivity index (χ1v) is 7.86. The fourth-order valence-corrected chi connectivity index (χ4v) is 3.27. The number of hydrogen-bond donors (Lipinski definition) is 1. The lowest BCUT2D eigenvalue weighted by atomic mass is 10.2. The molecular weight excluding hydrogens is 250 g/mol. The summed E-state index contributed by atoms with van der Waals surface area (Å²) in [5.74, 6) is 1.09. The van der Waals surface area contributed by atoms with Gasteiger partial charge in [-0.3, -0.25) is 4.90 Å². The first kappa shape index (κ1) is 15.2. The molecule has 0 saturated carbocycles. The second-order valence-electron chi connectivity index (χ2n) is 5.85. The number of aromatic nitrogens is 2. The van der Waals surface area contributed by atoms with Gasteiger partial charge >= 0.3 is 0 Å². The predicted octanol–water partition coefficient (Wildman–Crippen LogP) is 2.10. The van der Waals surface area contributed by atoms with Gasteiger partial charge in [0.05, 0.1) is 11.4 Å². The lowest BCUT2D eigenvalue weighted by Gasteiger charge is -2.29. The van der Waals surface area contributed by atoms with E-state index in [4.69, 9.17) is 5.73 Å². The monoisotopic (exact) mass is 279 g/mol. The smallest absolute Gasteiger partial charge is 0.150 e. The van der Waals surface area contributed by atoms with Crippen LogP contribution in [0.4, 0.5) is 11.5 Å². The number of nitrogens with two attached hydrogens (primary N) is 1. The molecule has 0 aliphatic carbocycles. The molecule has 114 valence electrons. The third-order valence-corrected chi connectivity index (χ3v) is 4.33. The molecule has 5 heteroatoms. The van der Waals surface area contributed by atoms with Crippen LogP contribution in [0.15, 0.2) is 0 Å². The van der Waals surface area contributed by atoms with Crippen LogP contribution >= 0.6 is 0 Å². The predicted molar refractivity (Wildman–Crippen MR) is 85.2 cm³/mol. The highest BCUT2D eigenvalue weighted by molar-refractivity contribution is 5.66. The van der Waals surface area contributed by atoms with Crippen LogP contribution < -0.4 is 10.6 Å². The molecule has 1 aliphatic rings. The Morgan fingerprint density at radius 2 is 2.15 bits per heavy atom. The Kier molecular flexibility index (Phi) is 4.91. The van der Waals surface area contributed by atoms with Crippen LogP contribution in [0.1, 0.15) is 38.8 Å². The Morgan fingerprint density at radius 1 is 1.40 bits per heavy atom. The Bertz CT molecular complexity index is 440. The van der Waals surface area contributed by atoms with E-state index in [2.05, 4.69) is 40.5 Å². The van der Waals surface area contributed by atoms with Gasteiger partial charge in [-0.2, -0.15) is 5.10 Å². The van der Waals surface area contributed by atoms with E-state index in [9.17, 15) is 0 Å². The zero-order valence-corrected chi connectivity index (χ0v) is 13.4. The molecule has 0 bridgehead atoms. The van der Waals surface area contributed by atoms with E-state index in [-0.39, 0.29) is 0 Å². The first-order valence-electron chi connectivity index (χ1n) is 7.86. The molecule has 1 fully saturated rings. The number of nitrogen functional groups attached to an aromatic ring is 1. The van der Waals surface area contributed by atoms with E-state index in [1.54, 1.807) is 0 Å². The van der Waals surface area contributed by atoms with Crippen LogP contribution in [-0.4, -0.2) is 47.4 Å². The molecule has 0 spiro atoms. The van der Waals surface area contributed by atoms with Gasteiger partial charge in [0.25, 0.3) is 0 Å². The van der Waals surface area contributed by atoms with Gasteiger partial charge in [0.15, 0.2) is 0 Å². The highest BCUT2D eigenvalue weighted by atomic mass is 15.4. The van der Waals surface area contributed by atoms with Crippen LogP contribution in [0.5, 0.6) is 0 Å². The highest BCUT2D eigenvalue weighted by Crippen LogP contribution is 2.27. The second-order valence-corrected chi connectivity index (χ2v) is 5.85. The lowest BCUT2D eigenvalue weighted by Crippen LogP contribution is -2.39. The summed E-state index contributed by atoms with van der Waals surface area (Å²) in [6.45, 7) is 10.8. The quantitative estimate of drug-likeness (QED) is 0.866. The summed E-state index contributed by atoms with van der Waals surface area (Å²) in [4.78, 5) is 4.86. The molecular formula is C15H29N5. The maximum absolute atomic E-state index is 6.24. The molecule has 1 aromatic rings. The fourth-order valence-electron chi connectivity index (χ4n) is 3.27. The molecule has 2 heterocycles. The number of aryl methyl sites for hydroxylation is 2. The van der Waals surface area contributed by atoms with Crippen LogP contribution in [-0.2, 0) is 6.54 Å². The van der Waals surface area contributed by atoms with Gasteiger partial charge in [-0.05, 0) is 39.3 Å². The number of rotatable bonds is 6. The third-order valence-electron chi connectivity index (χ3n) is 4.33. The number of anilines is 2. The van der Waals surface area contributed by atoms with Crippen molar-refractivity contribution >= 4 is 11.5 Å². The van der Waals surface area contributed by atoms with Crippen molar-refractivity contribution in [3.63, 3.8) is 0 Å². The van der Waals surface area contributed by atoms with E-state index in [1.165, 1.54) is 19.4 Å². The van der Waals surface area contributed by atoms with Crippen molar-refractivity contribution < 1.29 is 0 Å². The average Bonchev–Trinajstić information content (AvgIpc) is 2.96. The minimum absolute atomic E-state index is 0.648. The summed E-state index contributed by atoms with van der Waals surface area (Å²) in [6.07, 6.45) is 3.68. The first-order chi connectivity index (χ1) is 9.58. The van der Waals surface area contributed by atoms with E-state index in [0.717, 1.165) is 43.3 Å². The lowest BCUT2D eigenvalue weighted by molar-refractivity contribution is 0.270. The summed E-state index contributed by atoms with van der Waals surface area (Å²) < 4.78 is 2.07. The van der Waals surface area contributed by atoms with E-state index in [1.807, 2.05) is 6.92 Å². The van der Waals surface area contributed by atoms with Crippen molar-refractivity contribution in [1.82, 2.24) is 14.7 Å². The second kappa shape index (κ2) is 6.48. The maximum Gasteiger partial charge on any atom is 0.150 e. The van der Waals surface area contributed by atoms with Gasteiger partial charge in [-0.1, -0.05) is 13.8 Å². The van der Waals surface area contributed by atoms with Gasteiger partial charge in [-0.15, -0.1) is 0 Å². The van der Waals surface area contributed by atoms with Crippen molar-refractivity contribution in [1.29, 1.82) is 0 Å².